The van der Waals surface area contributed by atoms with Crippen molar-refractivity contribution in [2.45, 2.75) is 38.9 Å². The van der Waals surface area contributed by atoms with Gasteiger partial charge in [0, 0.05) is 0 Å². The first-order valence-electron chi connectivity index (χ1n) is 6.84. The van der Waals surface area contributed by atoms with Gasteiger partial charge in [-0.1, -0.05) is 0 Å². The van der Waals surface area contributed by atoms with E-state index in [9.17, 15) is 10.2 Å². The fourth-order valence-electron chi connectivity index (χ4n) is 1.81. The van der Waals surface area contributed by atoms with E-state index in [0.717, 1.165) is 20.0 Å². The predicted octanol–water partition coefficient (Wildman–Crippen LogP) is 2.76. The number of hydrogen-bond acceptors (Lipinski definition) is 2. The van der Waals surface area contributed by atoms with Crippen LogP contribution in [0, 0.1) is 11.8 Å². The summed E-state index contributed by atoms with van der Waals surface area (Å²) >= 11 is 0.0449. The quantitative estimate of drug-likeness (QED) is 0.648. The van der Waals surface area contributed by atoms with Crippen LogP contribution < -0.4 is 0 Å². The standard InChI is InChI=1S/C18H20O2Se/c1-17(2,19)11-10-14-12-15(18(3,4)20)21-16(14)13-8-6-5-7-9-13/h5-9,12,19-20H,1-4H3. The van der Waals surface area contributed by atoms with Gasteiger partial charge in [0.25, 0.3) is 0 Å². The van der Waals surface area contributed by atoms with Crippen molar-refractivity contribution < 1.29 is 10.2 Å². The van der Waals surface area contributed by atoms with E-state index >= 15 is 0 Å². The normalized spacial score (nSPS) is 11.9. The van der Waals surface area contributed by atoms with Gasteiger partial charge in [0.1, 0.15) is 0 Å². The van der Waals surface area contributed by atoms with Crippen LogP contribution in [0.25, 0.3) is 10.0 Å². The van der Waals surface area contributed by atoms with E-state index in [1.54, 1.807) is 27.7 Å². The van der Waals surface area contributed by atoms with E-state index in [1.165, 1.54) is 0 Å². The molecule has 0 aliphatic rings. The first-order chi connectivity index (χ1) is 9.67. The molecule has 0 amide bonds. The zero-order valence-corrected chi connectivity index (χ0v) is 14.5. The van der Waals surface area contributed by atoms with Crippen molar-refractivity contribution >= 4 is 14.5 Å². The second-order valence-corrected chi connectivity index (χ2v) is 8.30. The molecule has 0 saturated heterocycles. The minimum absolute atomic E-state index is 0.0449. The van der Waals surface area contributed by atoms with E-state index in [-0.39, 0.29) is 14.5 Å². The SMILES string of the molecule is CC(C)(O)C#Cc1cc(C(C)(C)O)[se]c1-c1ccccc1. The molecule has 0 aliphatic heterocycles. The molecule has 2 rings (SSSR count). The summed E-state index contributed by atoms with van der Waals surface area (Å²) in [5.41, 5.74) is 0.180. The zero-order chi connectivity index (χ0) is 15.7. The molecule has 2 nitrogen and oxygen atoms in total. The summed E-state index contributed by atoms with van der Waals surface area (Å²) in [6, 6.07) is 12.1. The summed E-state index contributed by atoms with van der Waals surface area (Å²) in [7, 11) is 0. The Kier molecular flexibility index (Phi) is 4.46. The van der Waals surface area contributed by atoms with Gasteiger partial charge in [0.15, 0.2) is 0 Å². The van der Waals surface area contributed by atoms with Crippen LogP contribution >= 0.6 is 0 Å². The van der Waals surface area contributed by atoms with E-state index in [1.807, 2.05) is 24.3 Å². The Labute approximate surface area is 132 Å². The Morgan fingerprint density at radius 3 is 2.14 bits per heavy atom. The molecule has 0 saturated carbocycles. The fourth-order valence-corrected chi connectivity index (χ4v) is 4.16. The summed E-state index contributed by atoms with van der Waals surface area (Å²) in [4.78, 5) is 0. The molecule has 2 aromatic rings. The van der Waals surface area contributed by atoms with Crippen LogP contribution in [-0.4, -0.2) is 30.3 Å². The van der Waals surface area contributed by atoms with Gasteiger partial charge in [-0.3, -0.25) is 0 Å². The van der Waals surface area contributed by atoms with Crippen LogP contribution in [0.1, 0.15) is 37.7 Å². The van der Waals surface area contributed by atoms with Crippen molar-refractivity contribution in [2.24, 2.45) is 0 Å². The molecular formula is C18H20O2Se. The van der Waals surface area contributed by atoms with E-state index < -0.39 is 11.2 Å². The van der Waals surface area contributed by atoms with Crippen molar-refractivity contribution in [3.63, 3.8) is 0 Å². The van der Waals surface area contributed by atoms with Crippen molar-refractivity contribution in [1.82, 2.24) is 0 Å². The van der Waals surface area contributed by atoms with Crippen molar-refractivity contribution in [3.8, 4) is 21.8 Å². The number of benzene rings is 1. The topological polar surface area (TPSA) is 40.5 Å². The van der Waals surface area contributed by atoms with Crippen LogP contribution in [0.5, 0.6) is 0 Å². The molecule has 0 atom stereocenters. The molecule has 0 bridgehead atoms. The maximum absolute atomic E-state index is 10.3. The molecule has 3 heteroatoms. The average molecular weight is 347 g/mol. The third-order valence-corrected chi connectivity index (χ3v) is 6.02. The molecule has 21 heavy (non-hydrogen) atoms. The Morgan fingerprint density at radius 1 is 1.00 bits per heavy atom. The number of aliphatic hydroxyl groups is 2. The Morgan fingerprint density at radius 2 is 1.62 bits per heavy atom. The van der Waals surface area contributed by atoms with Crippen molar-refractivity contribution in [1.29, 1.82) is 0 Å². The van der Waals surface area contributed by atoms with Gasteiger partial charge in [-0.05, 0) is 0 Å². The summed E-state index contributed by atoms with van der Waals surface area (Å²) < 4.78 is 2.17. The molecule has 2 N–H and O–H groups in total. The average Bonchev–Trinajstić information content (AvgIpc) is 2.80. The second kappa shape index (κ2) is 5.83. The Bertz CT molecular complexity index is 674. The van der Waals surface area contributed by atoms with Gasteiger partial charge in [-0.2, -0.15) is 0 Å². The summed E-state index contributed by atoms with van der Waals surface area (Å²) in [6.45, 7) is 6.94. The molecule has 0 aliphatic carbocycles. The number of hydrogen-bond donors (Lipinski definition) is 2. The molecule has 0 radical (unpaired) electrons. The molecule has 110 valence electrons. The molecule has 1 aromatic carbocycles. The van der Waals surface area contributed by atoms with Gasteiger partial charge in [-0.25, -0.2) is 0 Å². The molecule has 0 spiro atoms. The van der Waals surface area contributed by atoms with Crippen LogP contribution in [-0.2, 0) is 5.60 Å². The van der Waals surface area contributed by atoms with Crippen LogP contribution in [0.4, 0.5) is 0 Å². The molecule has 0 fully saturated rings. The van der Waals surface area contributed by atoms with Gasteiger partial charge in [-0.15, -0.1) is 0 Å². The fraction of sp³-hybridized carbons (Fsp3) is 0.333. The third kappa shape index (κ3) is 4.33. The van der Waals surface area contributed by atoms with Crippen LogP contribution in [0.15, 0.2) is 36.4 Å². The Hall–Kier alpha value is -1.30. The first-order valence-corrected chi connectivity index (χ1v) is 8.56. The summed E-state index contributed by atoms with van der Waals surface area (Å²) in [5.74, 6) is 5.95. The van der Waals surface area contributed by atoms with Crippen molar-refractivity contribution in [2.75, 3.05) is 0 Å². The van der Waals surface area contributed by atoms with E-state index in [0.29, 0.717) is 0 Å². The monoisotopic (exact) mass is 348 g/mol. The summed E-state index contributed by atoms with van der Waals surface area (Å²) in [5, 5.41) is 20.1. The second-order valence-electron chi connectivity index (χ2n) is 6.09. The zero-order valence-electron chi connectivity index (χ0n) is 12.8. The van der Waals surface area contributed by atoms with Crippen LogP contribution in [0.2, 0.25) is 0 Å². The van der Waals surface area contributed by atoms with Gasteiger partial charge in [0.2, 0.25) is 0 Å². The van der Waals surface area contributed by atoms with Crippen molar-refractivity contribution in [3.05, 3.63) is 46.4 Å². The van der Waals surface area contributed by atoms with Gasteiger partial charge < -0.3 is 0 Å². The van der Waals surface area contributed by atoms with Crippen LogP contribution in [0.3, 0.4) is 0 Å². The van der Waals surface area contributed by atoms with Gasteiger partial charge in [0.05, 0.1) is 0 Å². The number of rotatable bonds is 2. The predicted molar refractivity (Wildman–Crippen MR) is 87.2 cm³/mol. The van der Waals surface area contributed by atoms with E-state index in [4.69, 9.17) is 0 Å². The molecule has 1 heterocycles. The van der Waals surface area contributed by atoms with E-state index in [2.05, 4.69) is 24.0 Å². The molecule has 1 aromatic heterocycles. The Balaban J connectivity index is 2.57. The first kappa shape index (κ1) is 16.1. The summed E-state index contributed by atoms with van der Waals surface area (Å²) in [6.07, 6.45) is 0. The molecular weight excluding hydrogens is 327 g/mol. The maximum atomic E-state index is 10.3. The molecule has 0 unspecified atom stereocenters. The third-order valence-electron chi connectivity index (χ3n) is 2.87. The van der Waals surface area contributed by atoms with Gasteiger partial charge >= 0.3 is 132 Å². The minimum atomic E-state index is -1.02.